The van der Waals surface area contributed by atoms with Gasteiger partial charge in [-0.2, -0.15) is 0 Å². The Morgan fingerprint density at radius 2 is 2.06 bits per heavy atom. The van der Waals surface area contributed by atoms with Crippen LogP contribution in [-0.4, -0.2) is 18.3 Å². The minimum atomic E-state index is 0.750. The first-order chi connectivity index (χ1) is 8.86. The van der Waals surface area contributed by atoms with Crippen LogP contribution in [0.3, 0.4) is 0 Å². The van der Waals surface area contributed by atoms with E-state index in [0.717, 1.165) is 28.4 Å². The number of carbonyl (C=O) groups excluding carboxylic acids is 1. The van der Waals surface area contributed by atoms with Crippen LogP contribution in [0.4, 0.5) is 0 Å². The Kier molecular flexibility index (Phi) is 3.86. The van der Waals surface area contributed by atoms with Crippen molar-refractivity contribution in [3.8, 4) is 0 Å². The lowest BCUT2D eigenvalue weighted by molar-refractivity contribution is -0.104. The summed E-state index contributed by atoms with van der Waals surface area (Å²) in [6.07, 6.45) is 7.51. The summed E-state index contributed by atoms with van der Waals surface area (Å²) in [6.45, 7) is 0. The summed E-state index contributed by atoms with van der Waals surface area (Å²) in [7, 11) is 1.84. The lowest BCUT2D eigenvalue weighted by atomic mass is 10.1. The summed E-state index contributed by atoms with van der Waals surface area (Å²) in [6, 6.07) is 10.1. The lowest BCUT2D eigenvalue weighted by Crippen LogP contribution is -2.06. The van der Waals surface area contributed by atoms with E-state index in [1.165, 1.54) is 6.08 Å². The zero-order valence-corrected chi connectivity index (χ0v) is 10.1. The van der Waals surface area contributed by atoms with Crippen molar-refractivity contribution in [2.45, 2.75) is 0 Å². The third-order valence-electron chi connectivity index (χ3n) is 2.65. The number of aldehydes is 1. The van der Waals surface area contributed by atoms with Gasteiger partial charge in [-0.3, -0.25) is 9.78 Å². The molecule has 0 radical (unpaired) electrons. The number of aromatic nitrogens is 1. The number of nitrogens with zero attached hydrogens (tertiary/aromatic N) is 1. The molecule has 1 aromatic heterocycles. The van der Waals surface area contributed by atoms with Gasteiger partial charge in [0, 0.05) is 18.6 Å². The summed E-state index contributed by atoms with van der Waals surface area (Å²) in [5, 5.41) is 5.33. The molecule has 0 spiro atoms. The number of nitrogens with one attached hydrogen (secondary N) is 1. The van der Waals surface area contributed by atoms with Crippen LogP contribution in [0.2, 0.25) is 0 Å². The van der Waals surface area contributed by atoms with Crippen molar-refractivity contribution in [3.05, 3.63) is 60.5 Å². The van der Waals surface area contributed by atoms with Crippen molar-refractivity contribution in [3.63, 3.8) is 0 Å². The van der Waals surface area contributed by atoms with Crippen LogP contribution >= 0.6 is 0 Å². The van der Waals surface area contributed by atoms with Gasteiger partial charge in [0.2, 0.25) is 0 Å². The molecule has 0 bridgehead atoms. The van der Waals surface area contributed by atoms with Gasteiger partial charge in [0.25, 0.3) is 0 Å². The maximum absolute atomic E-state index is 10.3. The maximum atomic E-state index is 10.3. The SMILES string of the molecule is CN/C(=C\C=C/C=O)c1nccc2ccccc12. The standard InChI is InChI=1S/C15H14N2O/c1-16-14(8-4-5-11-18)15-13-7-3-2-6-12(13)9-10-17-15/h2-11,16H,1H3/b5-4-,14-8-. The van der Waals surface area contributed by atoms with E-state index < -0.39 is 0 Å². The first kappa shape index (κ1) is 12.0. The molecule has 0 saturated heterocycles. The molecule has 18 heavy (non-hydrogen) atoms. The molecule has 1 N–H and O–H groups in total. The normalized spacial score (nSPS) is 11.9. The van der Waals surface area contributed by atoms with Crippen LogP contribution in [0.15, 0.2) is 54.8 Å². The molecule has 0 aliphatic rings. The third-order valence-corrected chi connectivity index (χ3v) is 2.65. The zero-order valence-electron chi connectivity index (χ0n) is 10.1. The van der Waals surface area contributed by atoms with Crippen molar-refractivity contribution >= 4 is 22.8 Å². The van der Waals surface area contributed by atoms with Crippen molar-refractivity contribution in [1.82, 2.24) is 10.3 Å². The van der Waals surface area contributed by atoms with E-state index in [0.29, 0.717) is 0 Å². The second-order valence-electron chi connectivity index (χ2n) is 3.73. The first-order valence-corrected chi connectivity index (χ1v) is 5.71. The Balaban J connectivity index is 2.55. The van der Waals surface area contributed by atoms with E-state index in [-0.39, 0.29) is 0 Å². The fraction of sp³-hybridized carbons (Fsp3) is 0.0667. The van der Waals surface area contributed by atoms with Crippen LogP contribution in [0.5, 0.6) is 0 Å². The summed E-state index contributed by atoms with van der Waals surface area (Å²) >= 11 is 0. The molecule has 1 heterocycles. The van der Waals surface area contributed by atoms with Crippen LogP contribution in [0.1, 0.15) is 5.69 Å². The molecule has 2 rings (SSSR count). The Morgan fingerprint density at radius 1 is 1.22 bits per heavy atom. The molecule has 90 valence electrons. The molecule has 0 unspecified atom stereocenters. The highest BCUT2D eigenvalue weighted by Crippen LogP contribution is 2.21. The second-order valence-corrected chi connectivity index (χ2v) is 3.73. The van der Waals surface area contributed by atoms with Gasteiger partial charge in [-0.25, -0.2) is 0 Å². The van der Waals surface area contributed by atoms with E-state index in [1.54, 1.807) is 12.3 Å². The quantitative estimate of drug-likeness (QED) is 0.505. The largest absolute Gasteiger partial charge is 0.386 e. The summed E-state index contributed by atoms with van der Waals surface area (Å²) in [5.41, 5.74) is 1.76. The van der Waals surface area contributed by atoms with Gasteiger partial charge >= 0.3 is 0 Å². The average molecular weight is 238 g/mol. The fourth-order valence-electron chi connectivity index (χ4n) is 1.81. The molecule has 0 amide bonds. The smallest absolute Gasteiger partial charge is 0.142 e. The number of hydrogen-bond acceptors (Lipinski definition) is 3. The molecule has 0 aliphatic heterocycles. The van der Waals surface area contributed by atoms with E-state index in [4.69, 9.17) is 0 Å². The molecule has 0 aliphatic carbocycles. The molecular formula is C15H14N2O. The third kappa shape index (κ3) is 2.46. The van der Waals surface area contributed by atoms with Crippen molar-refractivity contribution in [2.24, 2.45) is 0 Å². The number of carbonyl (C=O) groups is 1. The highest BCUT2D eigenvalue weighted by Gasteiger charge is 2.05. The van der Waals surface area contributed by atoms with E-state index >= 15 is 0 Å². The molecule has 0 atom stereocenters. The Labute approximate surface area is 106 Å². The van der Waals surface area contributed by atoms with Crippen LogP contribution in [-0.2, 0) is 4.79 Å². The Hall–Kier alpha value is -2.42. The monoisotopic (exact) mass is 238 g/mol. The van der Waals surface area contributed by atoms with Crippen LogP contribution in [0, 0.1) is 0 Å². The van der Waals surface area contributed by atoms with Gasteiger partial charge in [-0.1, -0.05) is 30.3 Å². The van der Waals surface area contributed by atoms with Crippen molar-refractivity contribution in [2.75, 3.05) is 7.05 Å². The summed E-state index contributed by atoms with van der Waals surface area (Å²) in [4.78, 5) is 14.7. The molecule has 0 saturated carbocycles. The molecule has 3 heteroatoms. The molecule has 1 aromatic carbocycles. The number of hydrogen-bond donors (Lipinski definition) is 1. The highest BCUT2D eigenvalue weighted by molar-refractivity contribution is 5.91. The predicted octanol–water partition coefficient (Wildman–Crippen LogP) is 2.55. The maximum Gasteiger partial charge on any atom is 0.142 e. The van der Waals surface area contributed by atoms with E-state index in [2.05, 4.69) is 16.4 Å². The number of rotatable bonds is 4. The highest BCUT2D eigenvalue weighted by atomic mass is 16.1. The lowest BCUT2D eigenvalue weighted by Gasteiger charge is -2.08. The zero-order chi connectivity index (χ0) is 12.8. The topological polar surface area (TPSA) is 42.0 Å². The predicted molar refractivity (Wildman–Crippen MR) is 74.0 cm³/mol. The van der Waals surface area contributed by atoms with Gasteiger partial charge in [-0.05, 0) is 23.6 Å². The van der Waals surface area contributed by atoms with Crippen molar-refractivity contribution < 1.29 is 4.79 Å². The van der Waals surface area contributed by atoms with E-state index in [1.807, 2.05) is 37.4 Å². The van der Waals surface area contributed by atoms with Crippen LogP contribution in [0.25, 0.3) is 16.5 Å². The number of allylic oxidation sites excluding steroid dienone is 3. The summed E-state index contributed by atoms with van der Waals surface area (Å²) in [5.74, 6) is 0. The first-order valence-electron chi connectivity index (χ1n) is 5.71. The fourth-order valence-corrected chi connectivity index (χ4v) is 1.81. The minimum absolute atomic E-state index is 0.750. The van der Waals surface area contributed by atoms with Gasteiger partial charge in [-0.15, -0.1) is 0 Å². The number of pyridine rings is 1. The molecule has 0 fully saturated rings. The Morgan fingerprint density at radius 3 is 2.83 bits per heavy atom. The Bertz CT molecular complexity index is 609. The average Bonchev–Trinajstić information content (AvgIpc) is 2.43. The van der Waals surface area contributed by atoms with Gasteiger partial charge < -0.3 is 5.32 Å². The number of benzene rings is 1. The van der Waals surface area contributed by atoms with Crippen LogP contribution < -0.4 is 5.32 Å². The van der Waals surface area contributed by atoms with Crippen molar-refractivity contribution in [1.29, 1.82) is 0 Å². The minimum Gasteiger partial charge on any atom is -0.386 e. The van der Waals surface area contributed by atoms with Gasteiger partial charge in [0.05, 0.1) is 11.4 Å². The summed E-state index contributed by atoms with van der Waals surface area (Å²) < 4.78 is 0. The van der Waals surface area contributed by atoms with E-state index in [9.17, 15) is 4.79 Å². The second kappa shape index (κ2) is 5.77. The van der Waals surface area contributed by atoms with Gasteiger partial charge in [0.1, 0.15) is 6.29 Å². The number of fused-ring (bicyclic) bond motifs is 1. The molecular weight excluding hydrogens is 224 g/mol. The van der Waals surface area contributed by atoms with Gasteiger partial charge in [0.15, 0.2) is 0 Å². The molecule has 2 aromatic rings. The molecule has 3 nitrogen and oxygen atoms in total.